The van der Waals surface area contributed by atoms with E-state index >= 15 is 0 Å². The number of benzene rings is 2. The van der Waals surface area contributed by atoms with E-state index in [2.05, 4.69) is 5.32 Å². The number of carbonyl (C=O) groups excluding carboxylic acids is 1. The number of anilines is 2. The van der Waals surface area contributed by atoms with Gasteiger partial charge in [-0.15, -0.1) is 0 Å². The van der Waals surface area contributed by atoms with Gasteiger partial charge >= 0.3 is 4.87 Å². The minimum Gasteiger partial charge on any atom is -0.324 e. The summed E-state index contributed by atoms with van der Waals surface area (Å²) in [7, 11) is -2.01. The van der Waals surface area contributed by atoms with Crippen LogP contribution in [-0.4, -0.2) is 31.2 Å². The lowest BCUT2D eigenvalue weighted by Crippen LogP contribution is -2.45. The molecule has 2 aromatic carbocycles. The van der Waals surface area contributed by atoms with Crippen molar-refractivity contribution in [2.75, 3.05) is 15.9 Å². The number of hydrogen-bond donors (Lipinski definition) is 1. The van der Waals surface area contributed by atoms with Gasteiger partial charge in [-0.1, -0.05) is 23.5 Å². The summed E-state index contributed by atoms with van der Waals surface area (Å²) in [5.74, 6) is -0.459. The first-order chi connectivity index (χ1) is 13.5. The van der Waals surface area contributed by atoms with E-state index in [1.54, 1.807) is 42.8 Å². The van der Waals surface area contributed by atoms with Gasteiger partial charge in [-0.25, -0.2) is 8.42 Å². The number of thiazole rings is 1. The van der Waals surface area contributed by atoms with Gasteiger partial charge in [0.2, 0.25) is 15.9 Å². The molecule has 0 saturated heterocycles. The van der Waals surface area contributed by atoms with Gasteiger partial charge in [-0.2, -0.15) is 0 Å². The Morgan fingerprint density at radius 3 is 2.52 bits per heavy atom. The lowest BCUT2D eigenvalue weighted by molar-refractivity contribution is -0.116. The van der Waals surface area contributed by atoms with E-state index in [-0.39, 0.29) is 4.87 Å². The molecule has 1 atom stereocenters. The number of sulfonamides is 1. The number of rotatable bonds is 5. The minimum absolute atomic E-state index is 0.0879. The van der Waals surface area contributed by atoms with Gasteiger partial charge in [0.1, 0.15) is 6.04 Å². The van der Waals surface area contributed by atoms with Crippen LogP contribution in [0.25, 0.3) is 10.2 Å². The highest BCUT2D eigenvalue weighted by Gasteiger charge is 2.30. The van der Waals surface area contributed by atoms with E-state index in [0.29, 0.717) is 11.4 Å². The van der Waals surface area contributed by atoms with E-state index in [9.17, 15) is 18.0 Å². The van der Waals surface area contributed by atoms with Crippen molar-refractivity contribution < 1.29 is 13.2 Å². The quantitative estimate of drug-likeness (QED) is 0.670. The number of nitrogens with zero attached hydrogens (tertiary/aromatic N) is 2. The summed E-state index contributed by atoms with van der Waals surface area (Å²) in [4.78, 5) is 24.6. The minimum atomic E-state index is -3.70. The van der Waals surface area contributed by atoms with Crippen LogP contribution in [0.3, 0.4) is 0 Å². The molecule has 0 fully saturated rings. The fourth-order valence-corrected chi connectivity index (χ4v) is 5.34. The zero-order chi connectivity index (χ0) is 21.5. The van der Waals surface area contributed by atoms with Gasteiger partial charge in [-0.05, 0) is 56.2 Å². The summed E-state index contributed by atoms with van der Waals surface area (Å²) in [6, 6.07) is 9.69. The molecule has 29 heavy (non-hydrogen) atoms. The standard InChI is InChI=1S/C20H23N3O4S2/c1-12-6-7-13(2)17(10-12)23(29(5,26)27)14(3)19(24)21-15-8-9-16-18(11-15)28-20(25)22(16)4/h6-11,14H,1-5H3,(H,21,24)/t14-/m0/s1. The van der Waals surface area contributed by atoms with Gasteiger partial charge in [-0.3, -0.25) is 13.9 Å². The third-order valence-corrected chi connectivity index (χ3v) is 6.97. The molecular weight excluding hydrogens is 410 g/mol. The molecule has 1 amide bonds. The molecule has 0 bridgehead atoms. The lowest BCUT2D eigenvalue weighted by Gasteiger charge is -2.29. The fraction of sp³-hybridized carbons (Fsp3) is 0.300. The Labute approximate surface area is 173 Å². The van der Waals surface area contributed by atoms with Crippen LogP contribution in [0.2, 0.25) is 0 Å². The highest BCUT2D eigenvalue weighted by Crippen LogP contribution is 2.27. The van der Waals surface area contributed by atoms with Gasteiger partial charge < -0.3 is 9.88 Å². The van der Waals surface area contributed by atoms with Gasteiger partial charge in [0.25, 0.3) is 0 Å². The van der Waals surface area contributed by atoms with E-state index in [0.717, 1.165) is 43.2 Å². The highest BCUT2D eigenvalue weighted by atomic mass is 32.2. The smallest absolute Gasteiger partial charge is 0.307 e. The fourth-order valence-electron chi connectivity index (χ4n) is 3.20. The molecular formula is C20H23N3O4S2. The van der Waals surface area contributed by atoms with Crippen LogP contribution in [0, 0.1) is 13.8 Å². The number of nitrogens with one attached hydrogen (secondary N) is 1. The Bertz CT molecular complexity index is 1260. The molecule has 0 saturated carbocycles. The topological polar surface area (TPSA) is 88.5 Å². The predicted octanol–water partition coefficient (Wildman–Crippen LogP) is 3.01. The summed E-state index contributed by atoms with van der Waals surface area (Å²) >= 11 is 1.09. The van der Waals surface area contributed by atoms with E-state index < -0.39 is 22.0 Å². The molecule has 9 heteroatoms. The number of carbonyl (C=O) groups is 1. The van der Waals surface area contributed by atoms with Crippen LogP contribution in [0.4, 0.5) is 11.4 Å². The third kappa shape index (κ3) is 4.20. The third-order valence-electron chi connectivity index (χ3n) is 4.75. The summed E-state index contributed by atoms with van der Waals surface area (Å²) in [5.41, 5.74) is 3.42. The molecule has 0 radical (unpaired) electrons. The monoisotopic (exact) mass is 433 g/mol. The first kappa shape index (κ1) is 21.1. The second-order valence-corrected chi connectivity index (χ2v) is 9.98. The van der Waals surface area contributed by atoms with Gasteiger partial charge in [0.15, 0.2) is 0 Å². The van der Waals surface area contributed by atoms with Crippen molar-refractivity contribution in [2.45, 2.75) is 26.8 Å². The van der Waals surface area contributed by atoms with Gasteiger partial charge in [0, 0.05) is 12.7 Å². The van der Waals surface area contributed by atoms with E-state index in [1.807, 2.05) is 26.0 Å². The zero-order valence-electron chi connectivity index (χ0n) is 16.9. The van der Waals surface area contributed by atoms with Crippen LogP contribution < -0.4 is 14.5 Å². The second-order valence-electron chi connectivity index (χ2n) is 7.12. The van der Waals surface area contributed by atoms with Crippen molar-refractivity contribution in [2.24, 2.45) is 7.05 Å². The SMILES string of the molecule is Cc1ccc(C)c(N([C@@H](C)C(=O)Nc2ccc3c(c2)sc(=O)n3C)S(C)(=O)=O)c1. The number of aryl methyl sites for hydroxylation is 3. The van der Waals surface area contributed by atoms with Crippen molar-refractivity contribution in [3.8, 4) is 0 Å². The molecule has 7 nitrogen and oxygen atoms in total. The Kier molecular flexibility index (Phi) is 5.55. The van der Waals surface area contributed by atoms with Crippen molar-refractivity contribution in [3.05, 3.63) is 57.2 Å². The summed E-state index contributed by atoms with van der Waals surface area (Å²) in [6.45, 7) is 5.23. The van der Waals surface area contributed by atoms with E-state index in [4.69, 9.17) is 0 Å². The Morgan fingerprint density at radius 2 is 1.86 bits per heavy atom. The van der Waals surface area contributed by atoms with E-state index in [1.165, 1.54) is 0 Å². The molecule has 0 spiro atoms. The average molecular weight is 434 g/mol. The van der Waals surface area contributed by atoms with Crippen LogP contribution in [0.15, 0.2) is 41.2 Å². The van der Waals surface area contributed by atoms with Crippen molar-refractivity contribution >= 4 is 48.9 Å². The lowest BCUT2D eigenvalue weighted by atomic mass is 10.1. The second kappa shape index (κ2) is 7.64. The zero-order valence-corrected chi connectivity index (χ0v) is 18.5. The Balaban J connectivity index is 1.94. The van der Waals surface area contributed by atoms with Crippen LogP contribution in [0.5, 0.6) is 0 Å². The Morgan fingerprint density at radius 1 is 1.17 bits per heavy atom. The van der Waals surface area contributed by atoms with Crippen molar-refractivity contribution in [1.82, 2.24) is 4.57 Å². The van der Waals surface area contributed by atoms with Gasteiger partial charge in [0.05, 0.1) is 22.2 Å². The molecule has 1 N–H and O–H groups in total. The maximum absolute atomic E-state index is 12.9. The Hall–Kier alpha value is -2.65. The largest absolute Gasteiger partial charge is 0.324 e. The van der Waals surface area contributed by atoms with Crippen LogP contribution in [-0.2, 0) is 21.9 Å². The molecule has 0 aliphatic carbocycles. The molecule has 0 unspecified atom stereocenters. The molecule has 154 valence electrons. The number of aromatic nitrogens is 1. The number of fused-ring (bicyclic) bond motifs is 1. The van der Waals surface area contributed by atoms with Crippen LogP contribution in [0.1, 0.15) is 18.1 Å². The normalized spacial score (nSPS) is 12.7. The average Bonchev–Trinajstić information content (AvgIpc) is 2.90. The predicted molar refractivity (Wildman–Crippen MR) is 118 cm³/mol. The van der Waals surface area contributed by atoms with Crippen LogP contribution >= 0.6 is 11.3 Å². The summed E-state index contributed by atoms with van der Waals surface area (Å²) in [6.07, 6.45) is 1.09. The maximum atomic E-state index is 12.9. The maximum Gasteiger partial charge on any atom is 0.307 e. The molecule has 3 rings (SSSR count). The molecule has 0 aliphatic rings. The first-order valence-electron chi connectivity index (χ1n) is 8.96. The van der Waals surface area contributed by atoms with Crippen molar-refractivity contribution in [3.63, 3.8) is 0 Å². The molecule has 0 aliphatic heterocycles. The molecule has 1 heterocycles. The molecule has 3 aromatic rings. The number of hydrogen-bond acceptors (Lipinski definition) is 5. The summed E-state index contributed by atoms with van der Waals surface area (Å²) < 4.78 is 28.5. The molecule has 1 aromatic heterocycles. The van der Waals surface area contributed by atoms with Crippen molar-refractivity contribution in [1.29, 1.82) is 0 Å². The first-order valence-corrected chi connectivity index (χ1v) is 11.6. The number of amides is 1. The summed E-state index contributed by atoms with van der Waals surface area (Å²) in [5, 5.41) is 2.77. The highest BCUT2D eigenvalue weighted by molar-refractivity contribution is 7.92.